The van der Waals surface area contributed by atoms with E-state index in [2.05, 4.69) is 5.48 Å². The maximum Gasteiger partial charge on any atom is 0.323 e. The third-order valence-corrected chi connectivity index (χ3v) is 2.40. The van der Waals surface area contributed by atoms with Gasteiger partial charge < -0.3 is 5.11 Å². The molecule has 1 rings (SSSR count). The van der Waals surface area contributed by atoms with Gasteiger partial charge in [-0.15, -0.1) is 0 Å². The van der Waals surface area contributed by atoms with Gasteiger partial charge >= 0.3 is 5.97 Å². The summed E-state index contributed by atoms with van der Waals surface area (Å²) in [5.41, 5.74) is 3.21. The monoisotopic (exact) mass is 237 g/mol. The van der Waals surface area contributed by atoms with E-state index in [9.17, 15) is 4.79 Å². The van der Waals surface area contributed by atoms with Crippen LogP contribution in [0.4, 0.5) is 0 Å². The molecule has 0 aliphatic heterocycles. The van der Waals surface area contributed by atoms with Crippen LogP contribution < -0.4 is 5.48 Å². The minimum Gasteiger partial charge on any atom is -0.480 e. The highest BCUT2D eigenvalue weighted by Crippen LogP contribution is 2.19. The van der Waals surface area contributed by atoms with Crippen LogP contribution in [-0.4, -0.2) is 17.1 Å². The molecule has 0 fully saturated rings. The summed E-state index contributed by atoms with van der Waals surface area (Å²) in [5, 5.41) is 9.06. The molecule has 0 spiro atoms. The summed E-state index contributed by atoms with van der Waals surface area (Å²) in [5.74, 6) is -0.912. The van der Waals surface area contributed by atoms with Crippen LogP contribution in [0, 0.1) is 5.41 Å². The van der Waals surface area contributed by atoms with Crippen LogP contribution >= 0.6 is 0 Å². The van der Waals surface area contributed by atoms with E-state index < -0.39 is 17.4 Å². The van der Waals surface area contributed by atoms with Crippen molar-refractivity contribution in [1.82, 2.24) is 5.48 Å². The Hall–Kier alpha value is -1.39. The number of nitrogens with one attached hydrogen (secondary N) is 1. The van der Waals surface area contributed by atoms with Crippen LogP contribution in [0.2, 0.25) is 0 Å². The molecule has 0 saturated heterocycles. The molecule has 4 nitrogen and oxygen atoms in total. The summed E-state index contributed by atoms with van der Waals surface area (Å²) in [4.78, 5) is 16.3. The Balaban J connectivity index is 2.46. The van der Waals surface area contributed by atoms with Gasteiger partial charge in [0.1, 0.15) is 6.04 Å². The second-order valence-electron chi connectivity index (χ2n) is 5.03. The smallest absolute Gasteiger partial charge is 0.323 e. The van der Waals surface area contributed by atoms with Crippen molar-refractivity contribution in [2.45, 2.75) is 33.4 Å². The predicted molar refractivity (Wildman–Crippen MR) is 65.2 cm³/mol. The molecule has 0 aliphatic carbocycles. The fourth-order valence-electron chi connectivity index (χ4n) is 1.38. The van der Waals surface area contributed by atoms with Crippen molar-refractivity contribution in [3.63, 3.8) is 0 Å². The first-order chi connectivity index (χ1) is 7.91. The van der Waals surface area contributed by atoms with Crippen molar-refractivity contribution in [1.29, 1.82) is 0 Å². The lowest BCUT2D eigenvalue weighted by Crippen LogP contribution is -2.46. The number of carbonyl (C=O) groups is 1. The zero-order chi connectivity index (χ0) is 12.9. The van der Waals surface area contributed by atoms with Gasteiger partial charge in [-0.1, -0.05) is 51.1 Å². The van der Waals surface area contributed by atoms with Crippen LogP contribution in [0.15, 0.2) is 30.3 Å². The van der Waals surface area contributed by atoms with Crippen molar-refractivity contribution in [2.24, 2.45) is 5.41 Å². The van der Waals surface area contributed by atoms with Crippen molar-refractivity contribution < 1.29 is 14.7 Å². The van der Waals surface area contributed by atoms with Gasteiger partial charge in [-0.25, -0.2) is 0 Å². The fourth-order valence-corrected chi connectivity index (χ4v) is 1.38. The zero-order valence-corrected chi connectivity index (χ0v) is 10.4. The number of carboxylic acid groups (broad SMARTS) is 1. The molecular weight excluding hydrogens is 218 g/mol. The minimum absolute atomic E-state index is 0.348. The van der Waals surface area contributed by atoms with E-state index in [1.54, 1.807) is 0 Å². The second-order valence-corrected chi connectivity index (χ2v) is 5.03. The summed E-state index contributed by atoms with van der Waals surface area (Å²) >= 11 is 0. The Morgan fingerprint density at radius 3 is 2.41 bits per heavy atom. The molecule has 0 bridgehead atoms. The third-order valence-electron chi connectivity index (χ3n) is 2.40. The van der Waals surface area contributed by atoms with Crippen molar-refractivity contribution in [2.75, 3.05) is 0 Å². The van der Waals surface area contributed by atoms with E-state index in [1.807, 2.05) is 51.1 Å². The highest BCUT2D eigenvalue weighted by Gasteiger charge is 2.31. The van der Waals surface area contributed by atoms with Gasteiger partial charge in [0, 0.05) is 0 Å². The number of carboxylic acids is 1. The average molecular weight is 237 g/mol. The van der Waals surface area contributed by atoms with Gasteiger partial charge in [0.25, 0.3) is 0 Å². The second kappa shape index (κ2) is 5.80. The van der Waals surface area contributed by atoms with Gasteiger partial charge in [-0.2, -0.15) is 5.48 Å². The Bertz CT molecular complexity index is 357. The largest absolute Gasteiger partial charge is 0.480 e. The summed E-state index contributed by atoms with van der Waals surface area (Å²) < 4.78 is 0. The third kappa shape index (κ3) is 4.54. The lowest BCUT2D eigenvalue weighted by Gasteiger charge is -2.27. The molecule has 4 heteroatoms. The van der Waals surface area contributed by atoms with E-state index in [0.29, 0.717) is 6.61 Å². The highest BCUT2D eigenvalue weighted by atomic mass is 16.6. The molecule has 17 heavy (non-hydrogen) atoms. The fraction of sp³-hybridized carbons (Fsp3) is 0.462. The molecule has 1 aromatic carbocycles. The summed E-state index contributed by atoms with van der Waals surface area (Å²) in [6.07, 6.45) is 0. The van der Waals surface area contributed by atoms with Crippen LogP contribution in [0.25, 0.3) is 0 Å². The normalized spacial score (nSPS) is 13.4. The predicted octanol–water partition coefficient (Wildman–Crippen LogP) is 2.21. The SMILES string of the molecule is CC(C)(C)C(NOCc1ccccc1)C(=O)O. The van der Waals surface area contributed by atoms with Crippen LogP contribution in [0.1, 0.15) is 26.3 Å². The summed E-state index contributed by atoms with van der Waals surface area (Å²) in [6, 6.07) is 8.87. The summed E-state index contributed by atoms with van der Waals surface area (Å²) in [7, 11) is 0. The molecule has 0 heterocycles. The Kier molecular flexibility index (Phi) is 4.66. The average Bonchev–Trinajstić information content (AvgIpc) is 2.23. The number of benzene rings is 1. The van der Waals surface area contributed by atoms with Gasteiger partial charge in [-0.05, 0) is 11.0 Å². The molecule has 94 valence electrons. The van der Waals surface area contributed by atoms with Gasteiger partial charge in [0.15, 0.2) is 0 Å². The van der Waals surface area contributed by atoms with Crippen molar-refractivity contribution in [3.8, 4) is 0 Å². The Morgan fingerprint density at radius 1 is 1.35 bits per heavy atom. The van der Waals surface area contributed by atoms with E-state index >= 15 is 0 Å². The Labute approximate surface area is 102 Å². The molecule has 0 saturated carbocycles. The lowest BCUT2D eigenvalue weighted by atomic mass is 9.87. The number of hydrogen-bond acceptors (Lipinski definition) is 3. The van der Waals surface area contributed by atoms with E-state index in [1.165, 1.54) is 0 Å². The first kappa shape index (κ1) is 13.7. The standard InChI is InChI=1S/C13H19NO3/c1-13(2,3)11(12(15)16)14-17-9-10-7-5-4-6-8-10/h4-8,11,14H,9H2,1-3H3,(H,15,16). The number of hydrogen-bond donors (Lipinski definition) is 2. The topological polar surface area (TPSA) is 58.6 Å². The van der Waals surface area contributed by atoms with Crippen LogP contribution in [0.3, 0.4) is 0 Å². The van der Waals surface area contributed by atoms with E-state index in [4.69, 9.17) is 9.94 Å². The van der Waals surface area contributed by atoms with Crippen LogP contribution in [0.5, 0.6) is 0 Å². The first-order valence-corrected chi connectivity index (χ1v) is 5.55. The molecule has 1 aromatic rings. The summed E-state index contributed by atoms with van der Waals surface area (Å²) in [6.45, 7) is 5.90. The van der Waals surface area contributed by atoms with E-state index in [0.717, 1.165) is 5.56 Å². The van der Waals surface area contributed by atoms with E-state index in [-0.39, 0.29) is 0 Å². The molecule has 2 N–H and O–H groups in total. The molecular formula is C13H19NO3. The zero-order valence-electron chi connectivity index (χ0n) is 10.4. The molecule has 0 aromatic heterocycles. The van der Waals surface area contributed by atoms with Crippen LogP contribution in [-0.2, 0) is 16.2 Å². The molecule has 1 atom stereocenters. The molecule has 0 radical (unpaired) electrons. The first-order valence-electron chi connectivity index (χ1n) is 5.55. The number of aliphatic carboxylic acids is 1. The van der Waals surface area contributed by atoms with Crippen molar-refractivity contribution in [3.05, 3.63) is 35.9 Å². The number of hydroxylamine groups is 1. The molecule has 1 unspecified atom stereocenters. The lowest BCUT2D eigenvalue weighted by molar-refractivity contribution is -0.149. The van der Waals surface area contributed by atoms with Gasteiger partial charge in [0.2, 0.25) is 0 Å². The highest BCUT2D eigenvalue weighted by molar-refractivity contribution is 5.74. The van der Waals surface area contributed by atoms with Crippen molar-refractivity contribution >= 4 is 5.97 Å². The number of rotatable bonds is 5. The minimum atomic E-state index is -0.912. The Morgan fingerprint density at radius 2 is 1.94 bits per heavy atom. The quantitative estimate of drug-likeness (QED) is 0.771. The maximum absolute atomic E-state index is 11.0. The van der Waals surface area contributed by atoms with Gasteiger partial charge in [0.05, 0.1) is 6.61 Å². The molecule has 0 aliphatic rings. The maximum atomic E-state index is 11.0. The van der Waals surface area contributed by atoms with Gasteiger partial charge in [-0.3, -0.25) is 9.63 Å². The molecule has 0 amide bonds.